The topological polar surface area (TPSA) is 119 Å². The average molecular weight is 784 g/mol. The van der Waals surface area contributed by atoms with Crippen molar-refractivity contribution in [1.82, 2.24) is 15.1 Å². The highest BCUT2D eigenvalue weighted by molar-refractivity contribution is 5.86. The maximum Gasteiger partial charge on any atom is 0.328 e. The third kappa shape index (κ3) is 24.1. The Morgan fingerprint density at radius 1 is 0.607 bits per heavy atom. The molecule has 0 aromatic heterocycles. The molecule has 0 bridgehead atoms. The lowest BCUT2D eigenvalue weighted by Gasteiger charge is -2.23. The average Bonchev–Trinajstić information content (AvgIpc) is 3.75. The molecule has 0 spiro atoms. The van der Waals surface area contributed by atoms with Gasteiger partial charge in [0.25, 0.3) is 0 Å². The van der Waals surface area contributed by atoms with E-state index in [9.17, 15) is 24.6 Å². The van der Waals surface area contributed by atoms with Gasteiger partial charge in [-0.15, -0.1) is 0 Å². The van der Waals surface area contributed by atoms with E-state index in [4.69, 9.17) is 4.74 Å². The summed E-state index contributed by atoms with van der Waals surface area (Å²) in [5.74, 6) is -0.690. The van der Waals surface area contributed by atoms with E-state index in [-0.39, 0.29) is 50.0 Å². The van der Waals surface area contributed by atoms with Crippen LogP contribution in [0.3, 0.4) is 0 Å². The Kier molecular flexibility index (Phi) is 29.3. The van der Waals surface area contributed by atoms with E-state index in [1.165, 1.54) is 70.6 Å². The molecule has 2 aliphatic rings. The molecule has 0 aromatic carbocycles. The molecule has 2 amide bonds. The molecule has 2 heterocycles. The number of esters is 1. The van der Waals surface area contributed by atoms with Crippen LogP contribution in [0.15, 0.2) is 48.6 Å². The van der Waals surface area contributed by atoms with Gasteiger partial charge >= 0.3 is 5.97 Å². The summed E-state index contributed by atoms with van der Waals surface area (Å²) in [5, 5.41) is 22.7. The summed E-state index contributed by atoms with van der Waals surface area (Å²) in [6, 6.07) is -1.06. The molecular weight excluding hydrogens is 703 g/mol. The standard InChI is InChI=1S/C47H81N3O6/c1-3-5-7-9-11-13-15-17-19-21-23-25-27-29-31-33-35-56-47(55)42-36-41(48-45(53)40-49-38-43(51)44(52)39-49)37-50(42)46(54)34-32-30-28-26-24-22-20-18-16-14-12-10-8-6-4-2/h11-14,17-20,41-44,51-52H,3-10,15-16,21-40H2,1-2H3,(H,48,53)/b13-11-,14-12-,19-17-,20-18-. The number of carbonyl (C=O) groups is 3. The van der Waals surface area contributed by atoms with Crippen molar-refractivity contribution in [1.29, 1.82) is 0 Å². The zero-order valence-corrected chi connectivity index (χ0v) is 35.6. The van der Waals surface area contributed by atoms with Crippen molar-refractivity contribution in [3.05, 3.63) is 48.6 Å². The Balaban J connectivity index is 1.67. The molecule has 0 aromatic rings. The number of ether oxygens (including phenoxy) is 1. The third-order valence-electron chi connectivity index (χ3n) is 10.9. The van der Waals surface area contributed by atoms with Gasteiger partial charge in [-0.25, -0.2) is 4.79 Å². The van der Waals surface area contributed by atoms with E-state index in [2.05, 4.69) is 67.8 Å². The van der Waals surface area contributed by atoms with Crippen molar-refractivity contribution in [2.75, 3.05) is 32.8 Å². The van der Waals surface area contributed by atoms with Crippen molar-refractivity contribution in [3.8, 4) is 0 Å². The van der Waals surface area contributed by atoms with Crippen molar-refractivity contribution < 1.29 is 29.3 Å². The molecule has 4 unspecified atom stereocenters. The highest BCUT2D eigenvalue weighted by atomic mass is 16.5. The fraction of sp³-hybridized carbons (Fsp3) is 0.766. The first kappa shape index (κ1) is 49.4. The third-order valence-corrected chi connectivity index (χ3v) is 10.9. The number of allylic oxidation sites excluding steroid dienone is 8. The summed E-state index contributed by atoms with van der Waals surface area (Å²) in [6.45, 7) is 5.61. The van der Waals surface area contributed by atoms with E-state index < -0.39 is 18.2 Å². The molecule has 0 radical (unpaired) electrons. The second kappa shape index (κ2) is 33.2. The molecule has 9 heteroatoms. The van der Waals surface area contributed by atoms with Gasteiger partial charge in [-0.05, 0) is 77.0 Å². The number of β-amino-alcohol motifs (C(OH)–C–C–N with tert-alkyl or cyclic N) is 2. The van der Waals surface area contributed by atoms with Gasteiger partial charge < -0.3 is 25.2 Å². The summed E-state index contributed by atoms with van der Waals surface area (Å²) in [6.07, 6.45) is 43.2. The van der Waals surface area contributed by atoms with Crippen LogP contribution in [0.1, 0.15) is 174 Å². The molecule has 2 fully saturated rings. The molecule has 56 heavy (non-hydrogen) atoms. The number of rotatable bonds is 33. The number of likely N-dealkylation sites (tertiary alicyclic amines) is 2. The number of nitrogens with one attached hydrogen (secondary N) is 1. The highest BCUT2D eigenvalue weighted by Gasteiger charge is 2.41. The Hall–Kier alpha value is -2.75. The Morgan fingerprint density at radius 3 is 1.59 bits per heavy atom. The first-order chi connectivity index (χ1) is 27.3. The lowest BCUT2D eigenvalue weighted by atomic mass is 10.1. The summed E-state index contributed by atoms with van der Waals surface area (Å²) in [5.41, 5.74) is 0. The molecule has 2 aliphatic heterocycles. The van der Waals surface area contributed by atoms with Gasteiger partial charge in [-0.1, -0.05) is 133 Å². The van der Waals surface area contributed by atoms with E-state index >= 15 is 0 Å². The number of hydrogen-bond donors (Lipinski definition) is 3. The van der Waals surface area contributed by atoms with Crippen molar-refractivity contribution in [2.45, 2.75) is 199 Å². The summed E-state index contributed by atoms with van der Waals surface area (Å²) in [7, 11) is 0. The maximum absolute atomic E-state index is 13.4. The molecule has 2 saturated heterocycles. The van der Waals surface area contributed by atoms with Crippen LogP contribution in [0.4, 0.5) is 0 Å². The molecule has 0 saturated carbocycles. The molecule has 320 valence electrons. The van der Waals surface area contributed by atoms with Crippen LogP contribution in [-0.2, 0) is 19.1 Å². The van der Waals surface area contributed by atoms with Crippen LogP contribution < -0.4 is 5.32 Å². The van der Waals surface area contributed by atoms with Crippen molar-refractivity contribution >= 4 is 17.8 Å². The minimum absolute atomic E-state index is 0.0488. The van der Waals surface area contributed by atoms with Crippen LogP contribution in [0.25, 0.3) is 0 Å². The van der Waals surface area contributed by atoms with Crippen molar-refractivity contribution in [3.63, 3.8) is 0 Å². The molecule has 4 atom stereocenters. The van der Waals surface area contributed by atoms with Gasteiger partial charge in [-0.3, -0.25) is 14.5 Å². The Bertz CT molecular complexity index is 1140. The van der Waals surface area contributed by atoms with Crippen LogP contribution in [0.2, 0.25) is 0 Å². The highest BCUT2D eigenvalue weighted by Crippen LogP contribution is 2.22. The number of unbranched alkanes of at least 4 members (excludes halogenated alkanes) is 17. The van der Waals surface area contributed by atoms with E-state index in [0.29, 0.717) is 19.4 Å². The molecule has 3 N–H and O–H groups in total. The Labute approximate surface area is 341 Å². The summed E-state index contributed by atoms with van der Waals surface area (Å²) in [4.78, 5) is 42.9. The number of nitrogens with zero attached hydrogens (tertiary/aromatic N) is 2. The quantitative estimate of drug-likeness (QED) is 0.0345. The van der Waals surface area contributed by atoms with Crippen LogP contribution in [0.5, 0.6) is 0 Å². The maximum atomic E-state index is 13.4. The SMILES string of the molecule is CCCCC/C=C\C/C=C\CCCCCCCCOC(=O)C1CC(NC(=O)CN2CC(O)C(O)C2)CN1C(=O)CCCCCCC/C=C\C/C=C\CCCCC. The van der Waals surface area contributed by atoms with Gasteiger partial charge in [0.05, 0.1) is 25.4 Å². The number of hydrogen-bond acceptors (Lipinski definition) is 7. The second-order valence-electron chi connectivity index (χ2n) is 16.1. The van der Waals surface area contributed by atoms with Crippen LogP contribution >= 0.6 is 0 Å². The van der Waals surface area contributed by atoms with E-state index in [1.54, 1.807) is 9.80 Å². The van der Waals surface area contributed by atoms with Crippen LogP contribution in [0, 0.1) is 0 Å². The minimum atomic E-state index is -0.861. The van der Waals surface area contributed by atoms with Gasteiger partial charge in [0.15, 0.2) is 0 Å². The smallest absolute Gasteiger partial charge is 0.328 e. The zero-order chi connectivity index (χ0) is 40.5. The first-order valence-electron chi connectivity index (χ1n) is 22.8. The van der Waals surface area contributed by atoms with Crippen molar-refractivity contribution in [2.24, 2.45) is 0 Å². The number of aliphatic hydroxyl groups excluding tert-OH is 2. The molecular formula is C47H81N3O6. The largest absolute Gasteiger partial charge is 0.464 e. The minimum Gasteiger partial charge on any atom is -0.464 e. The molecule has 9 nitrogen and oxygen atoms in total. The number of amides is 2. The van der Waals surface area contributed by atoms with E-state index in [0.717, 1.165) is 77.0 Å². The fourth-order valence-corrected chi connectivity index (χ4v) is 7.48. The zero-order valence-electron chi connectivity index (χ0n) is 35.6. The predicted molar refractivity (Wildman–Crippen MR) is 230 cm³/mol. The first-order valence-corrected chi connectivity index (χ1v) is 22.8. The summed E-state index contributed by atoms with van der Waals surface area (Å²) < 4.78 is 5.71. The number of aliphatic hydroxyl groups is 2. The van der Waals surface area contributed by atoms with E-state index in [1.807, 2.05) is 0 Å². The second-order valence-corrected chi connectivity index (χ2v) is 16.1. The van der Waals surface area contributed by atoms with Gasteiger partial charge in [0, 0.05) is 38.5 Å². The predicted octanol–water partition coefficient (Wildman–Crippen LogP) is 9.28. The fourth-order valence-electron chi connectivity index (χ4n) is 7.48. The monoisotopic (exact) mass is 784 g/mol. The Morgan fingerprint density at radius 2 is 1.07 bits per heavy atom. The number of carbonyl (C=O) groups excluding carboxylic acids is 3. The molecule has 0 aliphatic carbocycles. The molecule has 2 rings (SSSR count). The lowest BCUT2D eigenvalue weighted by molar-refractivity contribution is -0.153. The summed E-state index contributed by atoms with van der Waals surface area (Å²) >= 11 is 0. The van der Waals surface area contributed by atoms with Gasteiger partial charge in [0.1, 0.15) is 6.04 Å². The van der Waals surface area contributed by atoms with Gasteiger partial charge in [0.2, 0.25) is 11.8 Å². The van der Waals surface area contributed by atoms with Gasteiger partial charge in [-0.2, -0.15) is 0 Å². The van der Waals surface area contributed by atoms with Crippen LogP contribution in [-0.4, -0.2) is 94.9 Å². The normalized spacial score (nSPS) is 20.5. The lowest BCUT2D eigenvalue weighted by Crippen LogP contribution is -2.44.